The minimum atomic E-state index is -0.896. The monoisotopic (exact) mass is 345 g/mol. The number of aromatic amines is 1. The summed E-state index contributed by atoms with van der Waals surface area (Å²) in [5.41, 5.74) is -0.739. The second kappa shape index (κ2) is 6.92. The predicted molar refractivity (Wildman–Crippen MR) is 90.4 cm³/mol. The number of aromatic nitrogens is 2. The van der Waals surface area contributed by atoms with Crippen LogP contribution in [-0.4, -0.2) is 44.8 Å². The van der Waals surface area contributed by atoms with Crippen molar-refractivity contribution >= 4 is 22.6 Å². The Bertz CT molecular complexity index is 930. The van der Waals surface area contributed by atoms with E-state index in [2.05, 4.69) is 5.10 Å². The van der Waals surface area contributed by atoms with E-state index in [9.17, 15) is 19.2 Å². The van der Waals surface area contributed by atoms with Crippen LogP contribution in [0.15, 0.2) is 33.9 Å². The van der Waals surface area contributed by atoms with E-state index in [1.165, 1.54) is 4.90 Å². The molecule has 1 saturated heterocycles. The van der Waals surface area contributed by atoms with E-state index in [0.717, 1.165) is 4.68 Å². The number of H-pyrrole nitrogens is 1. The summed E-state index contributed by atoms with van der Waals surface area (Å²) in [7, 11) is 0. The largest absolute Gasteiger partial charge is 0.481 e. The number of hydrogen-bond donors (Lipinski definition) is 2. The molecular formula is C17H19N3O5. The van der Waals surface area contributed by atoms with Crippen molar-refractivity contribution in [2.75, 3.05) is 13.1 Å². The number of amides is 1. The Hall–Kier alpha value is -2.90. The van der Waals surface area contributed by atoms with Crippen LogP contribution in [0.5, 0.6) is 0 Å². The Morgan fingerprint density at radius 3 is 2.64 bits per heavy atom. The van der Waals surface area contributed by atoms with Gasteiger partial charge in [-0.25, -0.2) is 4.68 Å². The zero-order chi connectivity index (χ0) is 18.0. The number of nitrogens with one attached hydrogen (secondary N) is 1. The number of carbonyl (C=O) groups is 2. The number of carboxylic acid groups (broad SMARTS) is 1. The van der Waals surface area contributed by atoms with E-state index in [1.54, 1.807) is 24.3 Å². The number of piperidine rings is 1. The van der Waals surface area contributed by atoms with Gasteiger partial charge in [0.1, 0.15) is 0 Å². The standard InChI is InChI=1S/C17H19N3O5/c21-14(19-8-3-4-11(10-19)17(24)25)7-9-20-16(23)13-6-2-1-5-12(13)15(22)18-20/h1-2,5-6,11H,3-4,7-10H2,(H,18,22)(H,24,25)/t11-/m0/s1. The molecule has 2 heterocycles. The van der Waals surface area contributed by atoms with Crippen LogP contribution in [0.3, 0.4) is 0 Å². The average Bonchev–Trinajstić information content (AvgIpc) is 2.63. The van der Waals surface area contributed by atoms with Crippen LogP contribution in [-0.2, 0) is 16.1 Å². The number of aliphatic carboxylic acids is 1. The fourth-order valence-corrected chi connectivity index (χ4v) is 3.17. The molecule has 132 valence electrons. The molecule has 1 aliphatic heterocycles. The maximum absolute atomic E-state index is 12.4. The maximum atomic E-state index is 12.4. The van der Waals surface area contributed by atoms with Crippen LogP contribution in [0.25, 0.3) is 10.8 Å². The lowest BCUT2D eigenvalue weighted by Gasteiger charge is -2.30. The van der Waals surface area contributed by atoms with Gasteiger partial charge in [-0.05, 0) is 25.0 Å². The highest BCUT2D eigenvalue weighted by Gasteiger charge is 2.27. The Labute approximate surface area is 142 Å². The molecule has 0 bridgehead atoms. The maximum Gasteiger partial charge on any atom is 0.308 e. The van der Waals surface area contributed by atoms with Crippen LogP contribution in [0, 0.1) is 5.92 Å². The lowest BCUT2D eigenvalue weighted by molar-refractivity contribution is -0.145. The van der Waals surface area contributed by atoms with E-state index in [0.29, 0.717) is 30.2 Å². The molecule has 0 unspecified atom stereocenters. The van der Waals surface area contributed by atoms with E-state index in [1.807, 2.05) is 0 Å². The summed E-state index contributed by atoms with van der Waals surface area (Å²) in [5.74, 6) is -1.65. The lowest BCUT2D eigenvalue weighted by atomic mass is 9.98. The molecule has 0 saturated carbocycles. The van der Waals surface area contributed by atoms with Crippen molar-refractivity contribution in [1.82, 2.24) is 14.7 Å². The molecule has 25 heavy (non-hydrogen) atoms. The van der Waals surface area contributed by atoms with Crippen LogP contribution >= 0.6 is 0 Å². The molecule has 2 N–H and O–H groups in total. The smallest absolute Gasteiger partial charge is 0.308 e. The summed E-state index contributed by atoms with van der Waals surface area (Å²) < 4.78 is 1.14. The van der Waals surface area contributed by atoms with Gasteiger partial charge >= 0.3 is 5.97 Å². The topological polar surface area (TPSA) is 112 Å². The fraction of sp³-hybridized carbons (Fsp3) is 0.412. The first-order valence-corrected chi connectivity index (χ1v) is 8.20. The van der Waals surface area contributed by atoms with Crippen LogP contribution in [0.4, 0.5) is 0 Å². The summed E-state index contributed by atoms with van der Waals surface area (Å²) in [4.78, 5) is 49.4. The number of carbonyl (C=O) groups excluding carboxylic acids is 1. The number of hydrogen-bond acceptors (Lipinski definition) is 4. The lowest BCUT2D eigenvalue weighted by Crippen LogP contribution is -2.43. The molecule has 0 spiro atoms. The van der Waals surface area contributed by atoms with Gasteiger partial charge in [0.2, 0.25) is 5.91 Å². The summed E-state index contributed by atoms with van der Waals surface area (Å²) >= 11 is 0. The van der Waals surface area contributed by atoms with Gasteiger partial charge in [0.15, 0.2) is 0 Å². The first kappa shape index (κ1) is 16.9. The molecule has 1 amide bonds. The third kappa shape index (κ3) is 3.47. The van der Waals surface area contributed by atoms with Crippen molar-refractivity contribution < 1.29 is 14.7 Å². The number of likely N-dealkylation sites (tertiary alicyclic amines) is 1. The molecule has 8 nitrogen and oxygen atoms in total. The van der Waals surface area contributed by atoms with Crippen molar-refractivity contribution in [3.05, 3.63) is 45.0 Å². The first-order chi connectivity index (χ1) is 12.0. The number of rotatable bonds is 4. The molecule has 1 fully saturated rings. The summed E-state index contributed by atoms with van der Waals surface area (Å²) in [6.45, 7) is 0.759. The second-order valence-electron chi connectivity index (χ2n) is 6.21. The van der Waals surface area contributed by atoms with Crippen LogP contribution in [0.2, 0.25) is 0 Å². The number of benzene rings is 1. The van der Waals surface area contributed by atoms with Crippen molar-refractivity contribution in [2.45, 2.75) is 25.8 Å². The zero-order valence-electron chi connectivity index (χ0n) is 13.6. The Balaban J connectivity index is 1.73. The van der Waals surface area contributed by atoms with Crippen molar-refractivity contribution in [2.24, 2.45) is 5.92 Å². The number of nitrogens with zero attached hydrogens (tertiary/aromatic N) is 2. The van der Waals surface area contributed by atoms with E-state index >= 15 is 0 Å². The zero-order valence-corrected chi connectivity index (χ0v) is 13.6. The molecule has 8 heteroatoms. The minimum Gasteiger partial charge on any atom is -0.481 e. The molecule has 1 aromatic heterocycles. The third-order valence-electron chi connectivity index (χ3n) is 4.56. The molecule has 0 radical (unpaired) electrons. The molecule has 2 aromatic rings. The molecule has 1 aromatic carbocycles. The highest BCUT2D eigenvalue weighted by Crippen LogP contribution is 2.17. The molecule has 3 rings (SSSR count). The molecule has 1 atom stereocenters. The third-order valence-corrected chi connectivity index (χ3v) is 4.56. The van der Waals surface area contributed by atoms with Crippen molar-refractivity contribution in [3.8, 4) is 0 Å². The summed E-state index contributed by atoms with van der Waals surface area (Å²) in [6.07, 6.45) is 1.24. The number of aryl methyl sites for hydroxylation is 1. The van der Waals surface area contributed by atoms with E-state index < -0.39 is 11.9 Å². The highest BCUT2D eigenvalue weighted by molar-refractivity contribution is 5.80. The predicted octanol–water partition coefficient (Wildman–Crippen LogP) is 0.403. The van der Waals surface area contributed by atoms with E-state index in [-0.39, 0.29) is 36.5 Å². The molecular weight excluding hydrogens is 326 g/mol. The normalized spacial score (nSPS) is 17.6. The SMILES string of the molecule is O=C(O)[C@H]1CCCN(C(=O)CCn2[nH]c(=O)c3ccccc3c2=O)C1. The first-order valence-electron chi connectivity index (χ1n) is 8.20. The van der Waals surface area contributed by atoms with Gasteiger partial charge in [-0.3, -0.25) is 24.3 Å². The van der Waals surface area contributed by atoms with Gasteiger partial charge in [0.25, 0.3) is 11.1 Å². The van der Waals surface area contributed by atoms with Crippen molar-refractivity contribution in [3.63, 3.8) is 0 Å². The quantitative estimate of drug-likeness (QED) is 0.833. The molecule has 1 aliphatic rings. The van der Waals surface area contributed by atoms with Gasteiger partial charge < -0.3 is 10.0 Å². The van der Waals surface area contributed by atoms with Gasteiger partial charge in [-0.1, -0.05) is 12.1 Å². The number of carboxylic acids is 1. The Kier molecular flexibility index (Phi) is 4.69. The van der Waals surface area contributed by atoms with Crippen LogP contribution in [0.1, 0.15) is 19.3 Å². The van der Waals surface area contributed by atoms with Crippen LogP contribution < -0.4 is 11.1 Å². The van der Waals surface area contributed by atoms with Gasteiger partial charge in [0, 0.05) is 19.5 Å². The summed E-state index contributed by atoms with van der Waals surface area (Å²) in [5, 5.41) is 12.2. The van der Waals surface area contributed by atoms with Gasteiger partial charge in [-0.2, -0.15) is 0 Å². The van der Waals surface area contributed by atoms with Crippen molar-refractivity contribution in [1.29, 1.82) is 0 Å². The van der Waals surface area contributed by atoms with Gasteiger partial charge in [0.05, 0.1) is 23.2 Å². The highest BCUT2D eigenvalue weighted by atomic mass is 16.4. The van der Waals surface area contributed by atoms with E-state index in [4.69, 9.17) is 5.11 Å². The van der Waals surface area contributed by atoms with Gasteiger partial charge in [-0.15, -0.1) is 0 Å². The summed E-state index contributed by atoms with van der Waals surface area (Å²) in [6, 6.07) is 6.51. The average molecular weight is 345 g/mol. The molecule has 0 aliphatic carbocycles. The fourth-order valence-electron chi connectivity index (χ4n) is 3.17. The second-order valence-corrected chi connectivity index (χ2v) is 6.21. The Morgan fingerprint density at radius 1 is 1.20 bits per heavy atom. The minimum absolute atomic E-state index is 0.0283. The number of fused-ring (bicyclic) bond motifs is 1. The Morgan fingerprint density at radius 2 is 1.92 bits per heavy atom.